The Balaban J connectivity index is 1.80. The highest BCUT2D eigenvalue weighted by molar-refractivity contribution is 5.91. The van der Waals surface area contributed by atoms with Crippen LogP contribution in [0.25, 0.3) is 0 Å². The highest BCUT2D eigenvalue weighted by Crippen LogP contribution is 2.18. The van der Waals surface area contributed by atoms with Gasteiger partial charge in [-0.25, -0.2) is 4.79 Å². The number of ether oxygens (including phenoxy) is 2. The van der Waals surface area contributed by atoms with Crippen LogP contribution in [0.3, 0.4) is 0 Å². The third-order valence-electron chi connectivity index (χ3n) is 3.60. The van der Waals surface area contributed by atoms with E-state index in [-0.39, 0.29) is 23.3 Å². The summed E-state index contributed by atoms with van der Waals surface area (Å²) in [4.78, 5) is 23.6. The van der Waals surface area contributed by atoms with Crippen molar-refractivity contribution >= 4 is 11.9 Å². The lowest BCUT2D eigenvalue weighted by Crippen LogP contribution is -2.38. The van der Waals surface area contributed by atoms with E-state index in [4.69, 9.17) is 4.74 Å². The van der Waals surface area contributed by atoms with Gasteiger partial charge in [0.25, 0.3) is 5.91 Å². The molecule has 7 heteroatoms. The lowest BCUT2D eigenvalue weighted by Gasteiger charge is -2.22. The number of nitrogens with one attached hydrogen (secondary N) is 1. The molecule has 0 spiro atoms. The Hall–Kier alpha value is -2.18. The van der Waals surface area contributed by atoms with Crippen LogP contribution >= 0.6 is 0 Å². The van der Waals surface area contributed by atoms with Gasteiger partial charge in [-0.15, -0.1) is 0 Å². The minimum Gasteiger partial charge on any atom is -0.452 e. The number of rotatable bonds is 6. The summed E-state index contributed by atoms with van der Waals surface area (Å²) in [6.07, 6.45) is 5.22. The molecule has 0 saturated heterocycles. The fraction of sp³-hybridized carbons (Fsp3) is 0.500. The summed E-state index contributed by atoms with van der Waals surface area (Å²) in [5.74, 6) is -1.25. The van der Waals surface area contributed by atoms with Gasteiger partial charge in [0, 0.05) is 6.04 Å². The molecule has 0 unspecified atom stereocenters. The molecule has 0 atom stereocenters. The van der Waals surface area contributed by atoms with Gasteiger partial charge >= 0.3 is 12.6 Å². The van der Waals surface area contributed by atoms with Gasteiger partial charge < -0.3 is 14.8 Å². The Bertz CT molecular complexity index is 545. The number of esters is 1. The van der Waals surface area contributed by atoms with Gasteiger partial charge in [0.2, 0.25) is 0 Å². The molecule has 1 fully saturated rings. The topological polar surface area (TPSA) is 64.6 Å². The van der Waals surface area contributed by atoms with Crippen LogP contribution < -0.4 is 10.1 Å². The molecule has 1 amide bonds. The molecular formula is C16H19F2NO4. The normalized spacial score (nSPS) is 15.3. The summed E-state index contributed by atoms with van der Waals surface area (Å²) in [5, 5.41) is 2.82. The van der Waals surface area contributed by atoms with Gasteiger partial charge in [-0.2, -0.15) is 8.78 Å². The van der Waals surface area contributed by atoms with Crippen LogP contribution in [-0.2, 0) is 9.53 Å². The number of amides is 1. The van der Waals surface area contributed by atoms with E-state index < -0.39 is 19.2 Å². The fourth-order valence-electron chi connectivity index (χ4n) is 2.53. The Morgan fingerprint density at radius 3 is 2.65 bits per heavy atom. The zero-order valence-corrected chi connectivity index (χ0v) is 12.6. The lowest BCUT2D eigenvalue weighted by atomic mass is 9.95. The van der Waals surface area contributed by atoms with Crippen molar-refractivity contribution in [2.24, 2.45) is 0 Å². The summed E-state index contributed by atoms with van der Waals surface area (Å²) < 4.78 is 33.4. The molecule has 0 aliphatic heterocycles. The molecule has 1 N–H and O–H groups in total. The van der Waals surface area contributed by atoms with Crippen molar-refractivity contribution in [1.82, 2.24) is 5.32 Å². The summed E-state index contributed by atoms with van der Waals surface area (Å²) in [5.41, 5.74) is 0.0496. The molecule has 1 aliphatic carbocycles. The van der Waals surface area contributed by atoms with E-state index in [0.29, 0.717) is 0 Å². The molecule has 1 aromatic carbocycles. The molecule has 23 heavy (non-hydrogen) atoms. The molecular weight excluding hydrogens is 308 g/mol. The van der Waals surface area contributed by atoms with Gasteiger partial charge in [0.15, 0.2) is 6.61 Å². The predicted molar refractivity (Wildman–Crippen MR) is 78.4 cm³/mol. The van der Waals surface area contributed by atoms with Crippen molar-refractivity contribution in [3.05, 3.63) is 29.8 Å². The molecule has 126 valence electrons. The predicted octanol–water partition coefficient (Wildman–Crippen LogP) is 2.89. The number of hydrogen-bond acceptors (Lipinski definition) is 4. The maximum Gasteiger partial charge on any atom is 0.387 e. The third-order valence-corrected chi connectivity index (χ3v) is 3.60. The molecule has 5 nitrogen and oxygen atoms in total. The fourth-order valence-corrected chi connectivity index (χ4v) is 2.53. The van der Waals surface area contributed by atoms with Gasteiger partial charge in [0.1, 0.15) is 5.75 Å². The zero-order chi connectivity index (χ0) is 16.7. The molecule has 1 aromatic rings. The van der Waals surface area contributed by atoms with Crippen LogP contribution in [0.15, 0.2) is 24.3 Å². The summed E-state index contributed by atoms with van der Waals surface area (Å²) >= 11 is 0. The Kier molecular flexibility index (Phi) is 6.31. The maximum atomic E-state index is 12.1. The first-order chi connectivity index (χ1) is 11.0. The van der Waals surface area contributed by atoms with E-state index in [0.717, 1.165) is 31.7 Å². The zero-order valence-electron chi connectivity index (χ0n) is 12.6. The second-order valence-electron chi connectivity index (χ2n) is 5.38. The van der Waals surface area contributed by atoms with Crippen molar-refractivity contribution in [1.29, 1.82) is 0 Å². The van der Waals surface area contributed by atoms with E-state index in [1.165, 1.54) is 24.6 Å². The highest BCUT2D eigenvalue weighted by Gasteiger charge is 2.17. The van der Waals surface area contributed by atoms with Crippen LogP contribution in [0.4, 0.5) is 8.78 Å². The largest absolute Gasteiger partial charge is 0.452 e. The average molecular weight is 327 g/mol. The van der Waals surface area contributed by atoms with Crippen molar-refractivity contribution < 1.29 is 27.8 Å². The Morgan fingerprint density at radius 1 is 1.22 bits per heavy atom. The molecule has 2 rings (SSSR count). The number of benzene rings is 1. The second kappa shape index (κ2) is 8.45. The van der Waals surface area contributed by atoms with Crippen molar-refractivity contribution in [3.8, 4) is 5.75 Å². The first-order valence-corrected chi connectivity index (χ1v) is 7.56. The van der Waals surface area contributed by atoms with E-state index >= 15 is 0 Å². The molecule has 1 saturated carbocycles. The number of halogens is 2. The van der Waals surface area contributed by atoms with E-state index in [1.807, 2.05) is 0 Å². The number of carbonyl (C=O) groups excluding carboxylic acids is 2. The average Bonchev–Trinajstić information content (AvgIpc) is 2.53. The summed E-state index contributed by atoms with van der Waals surface area (Å²) in [7, 11) is 0. The Morgan fingerprint density at radius 2 is 1.96 bits per heavy atom. The monoisotopic (exact) mass is 327 g/mol. The second-order valence-corrected chi connectivity index (χ2v) is 5.38. The van der Waals surface area contributed by atoms with Crippen molar-refractivity contribution in [3.63, 3.8) is 0 Å². The van der Waals surface area contributed by atoms with E-state index in [9.17, 15) is 18.4 Å². The first kappa shape index (κ1) is 17.2. The van der Waals surface area contributed by atoms with Gasteiger partial charge in [-0.1, -0.05) is 25.3 Å². The quantitative estimate of drug-likeness (QED) is 0.816. The standard InChI is InChI=1S/C16H19F2NO4/c17-16(18)23-13-8-4-5-11(9-13)15(21)22-10-14(20)19-12-6-2-1-3-7-12/h4-5,8-9,12,16H,1-3,6-7,10H2,(H,19,20). The van der Waals surface area contributed by atoms with Crippen LogP contribution in [0.2, 0.25) is 0 Å². The molecule has 0 heterocycles. The van der Waals surface area contributed by atoms with Crippen LogP contribution in [-0.4, -0.2) is 31.1 Å². The minimum atomic E-state index is -2.97. The Labute approximate surface area is 133 Å². The molecule has 0 radical (unpaired) electrons. The van der Waals surface area contributed by atoms with Crippen LogP contribution in [0, 0.1) is 0 Å². The van der Waals surface area contributed by atoms with Crippen LogP contribution in [0.1, 0.15) is 42.5 Å². The first-order valence-electron chi connectivity index (χ1n) is 7.56. The van der Waals surface area contributed by atoms with Crippen molar-refractivity contribution in [2.75, 3.05) is 6.61 Å². The van der Waals surface area contributed by atoms with Gasteiger partial charge in [0.05, 0.1) is 5.56 Å². The molecule has 1 aliphatic rings. The molecule has 0 aromatic heterocycles. The van der Waals surface area contributed by atoms with Crippen LogP contribution in [0.5, 0.6) is 5.75 Å². The number of alkyl halides is 2. The number of hydrogen-bond donors (Lipinski definition) is 1. The lowest BCUT2D eigenvalue weighted by molar-refractivity contribution is -0.125. The third kappa shape index (κ3) is 5.84. The number of carbonyl (C=O) groups is 2. The minimum absolute atomic E-state index is 0.0496. The van der Waals surface area contributed by atoms with E-state index in [2.05, 4.69) is 10.1 Å². The molecule has 0 bridgehead atoms. The van der Waals surface area contributed by atoms with E-state index in [1.54, 1.807) is 0 Å². The summed E-state index contributed by atoms with van der Waals surface area (Å²) in [6.45, 7) is -3.36. The summed E-state index contributed by atoms with van der Waals surface area (Å²) in [6, 6.07) is 5.39. The SMILES string of the molecule is O=C(COC(=O)c1cccc(OC(F)F)c1)NC1CCCCC1. The maximum absolute atomic E-state index is 12.1. The van der Waals surface area contributed by atoms with Crippen molar-refractivity contribution in [2.45, 2.75) is 44.8 Å². The smallest absolute Gasteiger partial charge is 0.387 e. The highest BCUT2D eigenvalue weighted by atomic mass is 19.3. The van der Waals surface area contributed by atoms with Gasteiger partial charge in [-0.3, -0.25) is 4.79 Å². The van der Waals surface area contributed by atoms with Gasteiger partial charge in [-0.05, 0) is 31.0 Å².